The highest BCUT2D eigenvalue weighted by atomic mass is 16.5. The number of hydrogen-bond acceptors (Lipinski definition) is 2. The lowest BCUT2D eigenvalue weighted by Crippen LogP contribution is -2.04. The molecule has 0 heterocycles. The van der Waals surface area contributed by atoms with Crippen molar-refractivity contribution in [3.05, 3.63) is 35.4 Å². The van der Waals surface area contributed by atoms with Gasteiger partial charge in [-0.05, 0) is 24.0 Å². The molecular formula is C21H34O2. The average molecular weight is 319 g/mol. The lowest BCUT2D eigenvalue weighted by Gasteiger charge is -2.19. The zero-order chi connectivity index (χ0) is 16.3. The van der Waals surface area contributed by atoms with E-state index in [0.717, 1.165) is 12.8 Å². The molecule has 1 aromatic carbocycles. The maximum atomic E-state index is 5.72. The summed E-state index contributed by atoms with van der Waals surface area (Å²) in [6.45, 7) is 0. The van der Waals surface area contributed by atoms with Crippen LogP contribution in [0.1, 0.15) is 94.0 Å². The Bertz CT molecular complexity index is 373. The third kappa shape index (κ3) is 6.27. The van der Waals surface area contributed by atoms with Gasteiger partial charge in [0.15, 0.2) is 0 Å². The van der Waals surface area contributed by atoms with Crippen molar-refractivity contribution < 1.29 is 9.47 Å². The Morgan fingerprint density at radius 3 is 1.17 bits per heavy atom. The van der Waals surface area contributed by atoms with Crippen molar-refractivity contribution in [3.63, 3.8) is 0 Å². The first-order valence-electron chi connectivity index (χ1n) is 9.50. The quantitative estimate of drug-likeness (QED) is 0.631. The van der Waals surface area contributed by atoms with Crippen LogP contribution in [0.2, 0.25) is 0 Å². The lowest BCUT2D eigenvalue weighted by molar-refractivity contribution is 0.0904. The number of rotatable bonds is 2. The summed E-state index contributed by atoms with van der Waals surface area (Å²) >= 11 is 0. The molecular weight excluding hydrogens is 284 g/mol. The Morgan fingerprint density at radius 2 is 0.870 bits per heavy atom. The smallest absolute Gasteiger partial charge is 0.0821 e. The Balaban J connectivity index is 2.03. The molecule has 23 heavy (non-hydrogen) atoms. The zero-order valence-electron chi connectivity index (χ0n) is 15.1. The van der Waals surface area contributed by atoms with Crippen molar-refractivity contribution in [2.75, 3.05) is 14.2 Å². The van der Waals surface area contributed by atoms with Crippen LogP contribution < -0.4 is 0 Å². The highest BCUT2D eigenvalue weighted by Crippen LogP contribution is 2.28. The zero-order valence-corrected chi connectivity index (χ0v) is 15.1. The fourth-order valence-electron chi connectivity index (χ4n) is 3.66. The number of benzene rings is 1. The Kier molecular flexibility index (Phi) is 8.70. The van der Waals surface area contributed by atoms with Gasteiger partial charge in [0.2, 0.25) is 0 Å². The fourth-order valence-corrected chi connectivity index (χ4v) is 3.66. The van der Waals surface area contributed by atoms with Crippen LogP contribution in [-0.4, -0.2) is 14.2 Å². The SMILES string of the molecule is CO[C@H]1CCCCCCCCCCC[C@@H](OC)c2ccc1cc2. The van der Waals surface area contributed by atoms with Gasteiger partial charge in [-0.3, -0.25) is 0 Å². The van der Waals surface area contributed by atoms with E-state index in [4.69, 9.17) is 9.47 Å². The van der Waals surface area contributed by atoms with E-state index >= 15 is 0 Å². The molecule has 2 heteroatoms. The van der Waals surface area contributed by atoms with Gasteiger partial charge in [0.25, 0.3) is 0 Å². The molecule has 0 fully saturated rings. The molecule has 0 N–H and O–H groups in total. The molecule has 0 radical (unpaired) electrons. The molecule has 0 aromatic heterocycles. The number of fused-ring (bicyclic) bond motifs is 14. The van der Waals surface area contributed by atoms with Crippen LogP contribution in [0.4, 0.5) is 0 Å². The van der Waals surface area contributed by atoms with Gasteiger partial charge >= 0.3 is 0 Å². The standard InChI is InChI=1S/C21H34O2/c1-22-20-12-10-8-6-4-3-5-7-9-11-13-21(23-2)19-16-14-18(20)15-17-19/h14-17,20-21H,3-13H2,1-2H3/t20-,21+. The van der Waals surface area contributed by atoms with E-state index in [0.29, 0.717) is 0 Å². The summed E-state index contributed by atoms with van der Waals surface area (Å²) in [4.78, 5) is 0. The van der Waals surface area contributed by atoms with Crippen molar-refractivity contribution in [2.45, 2.75) is 82.8 Å². The summed E-state index contributed by atoms with van der Waals surface area (Å²) in [6.07, 6.45) is 14.9. The largest absolute Gasteiger partial charge is 0.377 e. The number of ether oxygens (including phenoxy) is 2. The molecule has 2 nitrogen and oxygen atoms in total. The van der Waals surface area contributed by atoms with Crippen molar-refractivity contribution in [3.8, 4) is 0 Å². The topological polar surface area (TPSA) is 18.5 Å². The molecule has 3 rings (SSSR count). The van der Waals surface area contributed by atoms with E-state index in [1.165, 1.54) is 68.9 Å². The second-order valence-corrected chi connectivity index (χ2v) is 6.87. The predicted octanol–water partition coefficient (Wildman–Crippen LogP) is 6.37. The van der Waals surface area contributed by atoms with Gasteiger partial charge in [0.1, 0.15) is 0 Å². The minimum atomic E-state index is 0.237. The van der Waals surface area contributed by atoms with Crippen LogP contribution in [0.5, 0.6) is 0 Å². The van der Waals surface area contributed by atoms with Crippen LogP contribution in [0.25, 0.3) is 0 Å². The van der Waals surface area contributed by atoms with Crippen molar-refractivity contribution >= 4 is 0 Å². The van der Waals surface area contributed by atoms with Gasteiger partial charge in [-0.2, -0.15) is 0 Å². The second-order valence-electron chi connectivity index (χ2n) is 6.87. The maximum Gasteiger partial charge on any atom is 0.0821 e. The van der Waals surface area contributed by atoms with Crippen LogP contribution in [0, 0.1) is 0 Å². The third-order valence-electron chi connectivity index (χ3n) is 5.18. The summed E-state index contributed by atoms with van der Waals surface area (Å²) in [5.41, 5.74) is 2.60. The van der Waals surface area contributed by atoms with E-state index in [2.05, 4.69) is 24.3 Å². The molecule has 0 aliphatic heterocycles. The molecule has 0 spiro atoms. The number of hydrogen-bond donors (Lipinski definition) is 0. The first kappa shape index (κ1) is 18.5. The molecule has 1 aromatic rings. The third-order valence-corrected chi connectivity index (χ3v) is 5.18. The average Bonchev–Trinajstić information content (AvgIpc) is 2.60. The van der Waals surface area contributed by atoms with Crippen molar-refractivity contribution in [1.82, 2.24) is 0 Å². The second kappa shape index (κ2) is 10.8. The molecule has 0 saturated carbocycles. The molecule has 2 aliphatic carbocycles. The molecule has 130 valence electrons. The summed E-state index contributed by atoms with van der Waals surface area (Å²) in [6, 6.07) is 8.92. The Labute approximate surface area is 142 Å². The van der Waals surface area contributed by atoms with E-state index < -0.39 is 0 Å². The molecule has 0 saturated heterocycles. The van der Waals surface area contributed by atoms with Gasteiger partial charge in [0, 0.05) is 14.2 Å². The molecule has 2 bridgehead atoms. The highest BCUT2D eigenvalue weighted by molar-refractivity contribution is 5.26. The monoisotopic (exact) mass is 318 g/mol. The van der Waals surface area contributed by atoms with Gasteiger partial charge in [-0.1, -0.05) is 82.1 Å². The first-order chi connectivity index (χ1) is 11.3. The molecule has 0 unspecified atom stereocenters. The first-order valence-corrected chi connectivity index (χ1v) is 9.50. The summed E-state index contributed by atoms with van der Waals surface area (Å²) in [5.74, 6) is 0. The Morgan fingerprint density at radius 1 is 0.565 bits per heavy atom. The highest BCUT2D eigenvalue weighted by Gasteiger charge is 2.14. The van der Waals surface area contributed by atoms with Crippen molar-refractivity contribution in [1.29, 1.82) is 0 Å². The summed E-state index contributed by atoms with van der Waals surface area (Å²) in [5, 5.41) is 0. The van der Waals surface area contributed by atoms with E-state index in [9.17, 15) is 0 Å². The minimum Gasteiger partial charge on any atom is -0.377 e. The molecule has 2 aliphatic rings. The van der Waals surface area contributed by atoms with Crippen LogP contribution in [0.15, 0.2) is 24.3 Å². The van der Waals surface area contributed by atoms with Crippen LogP contribution >= 0.6 is 0 Å². The number of methoxy groups -OCH3 is 2. The van der Waals surface area contributed by atoms with Gasteiger partial charge in [-0.15, -0.1) is 0 Å². The van der Waals surface area contributed by atoms with Gasteiger partial charge in [0.05, 0.1) is 12.2 Å². The summed E-state index contributed by atoms with van der Waals surface area (Å²) in [7, 11) is 3.66. The van der Waals surface area contributed by atoms with Crippen molar-refractivity contribution in [2.24, 2.45) is 0 Å². The maximum absolute atomic E-state index is 5.72. The van der Waals surface area contributed by atoms with Gasteiger partial charge < -0.3 is 9.47 Å². The van der Waals surface area contributed by atoms with E-state index in [1.54, 1.807) is 0 Å². The minimum absolute atomic E-state index is 0.237. The van der Waals surface area contributed by atoms with E-state index in [-0.39, 0.29) is 12.2 Å². The molecule has 0 amide bonds. The van der Waals surface area contributed by atoms with Crippen LogP contribution in [-0.2, 0) is 9.47 Å². The van der Waals surface area contributed by atoms with E-state index in [1.807, 2.05) is 14.2 Å². The lowest BCUT2D eigenvalue weighted by atomic mass is 9.98. The molecule has 2 atom stereocenters. The Hall–Kier alpha value is -0.860. The normalized spacial score (nSPS) is 25.1. The van der Waals surface area contributed by atoms with Gasteiger partial charge in [-0.25, -0.2) is 0 Å². The predicted molar refractivity (Wildman–Crippen MR) is 96.7 cm³/mol. The summed E-state index contributed by atoms with van der Waals surface area (Å²) < 4.78 is 11.4. The van der Waals surface area contributed by atoms with Crippen LogP contribution in [0.3, 0.4) is 0 Å². The fraction of sp³-hybridized carbons (Fsp3) is 0.714.